The highest BCUT2D eigenvalue weighted by Gasteiger charge is 2.10. The van der Waals surface area contributed by atoms with Crippen LogP contribution in [0.1, 0.15) is 6.42 Å². The van der Waals surface area contributed by atoms with Crippen molar-refractivity contribution in [2.24, 2.45) is 5.73 Å². The maximum Gasteiger partial charge on any atom is 0.320 e. The van der Waals surface area contributed by atoms with Crippen LogP contribution in [0.25, 0.3) is 0 Å². The van der Waals surface area contributed by atoms with Crippen LogP contribution in [-0.4, -0.2) is 41.7 Å². The number of hydrogen-bond donors (Lipinski definition) is 2. The Hall–Kier alpha value is -1.53. The van der Waals surface area contributed by atoms with E-state index in [1.807, 2.05) is 36.4 Å². The summed E-state index contributed by atoms with van der Waals surface area (Å²) < 4.78 is 4.40. The summed E-state index contributed by atoms with van der Waals surface area (Å²) in [6.07, 6.45) is 0.358. The van der Waals surface area contributed by atoms with Crippen LogP contribution in [0.2, 0.25) is 0 Å². The minimum absolute atomic E-state index is 0.239. The molecule has 0 fully saturated rings. The van der Waals surface area contributed by atoms with E-state index in [-0.39, 0.29) is 11.7 Å². The molecule has 0 unspecified atom stereocenters. The molecule has 0 heterocycles. The second kappa shape index (κ2) is 11.6. The van der Waals surface area contributed by atoms with Gasteiger partial charge in [-0.15, -0.1) is 0 Å². The highest BCUT2D eigenvalue weighted by atomic mass is 32.2. The van der Waals surface area contributed by atoms with Crippen molar-refractivity contribution >= 4 is 23.7 Å². The fourth-order valence-electron chi connectivity index (χ4n) is 0.933. The van der Waals surface area contributed by atoms with E-state index in [9.17, 15) is 9.59 Å². The zero-order valence-electron chi connectivity index (χ0n) is 10.8. The Morgan fingerprint density at radius 3 is 2.05 bits per heavy atom. The lowest BCUT2D eigenvalue weighted by Crippen LogP contribution is -2.30. The van der Waals surface area contributed by atoms with Gasteiger partial charge in [0, 0.05) is 0 Å². The predicted octanol–water partition coefficient (Wildman–Crippen LogP) is 1.38. The molecule has 1 aromatic carbocycles. The first kappa shape index (κ1) is 17.5. The van der Waals surface area contributed by atoms with E-state index in [0.29, 0.717) is 12.2 Å². The topological polar surface area (TPSA) is 89.6 Å². The Morgan fingerprint density at radius 1 is 1.21 bits per heavy atom. The normalized spacial score (nSPS) is 10.8. The number of ether oxygens (including phenoxy) is 1. The van der Waals surface area contributed by atoms with Gasteiger partial charge in [-0.3, -0.25) is 9.59 Å². The van der Waals surface area contributed by atoms with E-state index < -0.39 is 12.0 Å². The molecule has 0 bridgehead atoms. The lowest BCUT2D eigenvalue weighted by Gasteiger charge is -2.04. The molecule has 1 atom stereocenters. The van der Waals surface area contributed by atoms with Crippen molar-refractivity contribution < 1.29 is 19.4 Å². The zero-order valence-corrected chi connectivity index (χ0v) is 11.6. The molecule has 0 aliphatic rings. The summed E-state index contributed by atoms with van der Waals surface area (Å²) in [5, 5.41) is 8.41. The molecule has 6 heteroatoms. The third-order valence-electron chi connectivity index (χ3n) is 2.00. The number of carbonyl (C=O) groups excluding carboxylic acids is 1. The lowest BCUT2D eigenvalue weighted by molar-refractivity contribution is -0.138. The van der Waals surface area contributed by atoms with Crippen LogP contribution in [0, 0.1) is 0 Å². The van der Waals surface area contributed by atoms with E-state index in [2.05, 4.69) is 4.74 Å². The van der Waals surface area contributed by atoms with Gasteiger partial charge >= 0.3 is 11.9 Å². The molecule has 5 nitrogen and oxygen atoms in total. The number of carboxylic acids is 1. The van der Waals surface area contributed by atoms with E-state index >= 15 is 0 Å². The van der Waals surface area contributed by atoms with E-state index in [1.165, 1.54) is 18.9 Å². The third-order valence-corrected chi connectivity index (χ3v) is 2.97. The van der Waals surface area contributed by atoms with Gasteiger partial charge in [-0.1, -0.05) is 36.4 Å². The maximum absolute atomic E-state index is 10.6. The smallest absolute Gasteiger partial charge is 0.320 e. The molecule has 1 rings (SSSR count). The van der Waals surface area contributed by atoms with Crippen LogP contribution in [0.5, 0.6) is 0 Å². The van der Waals surface area contributed by atoms with Gasteiger partial charge < -0.3 is 15.6 Å². The predicted molar refractivity (Wildman–Crippen MR) is 76.0 cm³/mol. The molecule has 1 aromatic rings. The van der Waals surface area contributed by atoms with Crippen molar-refractivity contribution in [2.75, 3.05) is 18.6 Å². The third kappa shape index (κ3) is 11.3. The molecule has 106 valence electrons. The number of esters is 1. The number of benzene rings is 1. The quantitative estimate of drug-likeness (QED) is 0.606. The van der Waals surface area contributed by atoms with E-state index in [0.717, 1.165) is 0 Å². The first-order chi connectivity index (χ1) is 9.07. The zero-order chi connectivity index (χ0) is 14.5. The van der Waals surface area contributed by atoms with Gasteiger partial charge in [0.15, 0.2) is 0 Å². The monoisotopic (exact) mass is 285 g/mol. The van der Waals surface area contributed by atoms with Crippen LogP contribution in [0.4, 0.5) is 0 Å². The maximum atomic E-state index is 10.6. The molecular weight excluding hydrogens is 266 g/mol. The summed E-state index contributed by atoms with van der Waals surface area (Å²) in [6, 6.07) is 11.2. The highest BCUT2D eigenvalue weighted by Crippen LogP contribution is 2.04. The van der Waals surface area contributed by atoms with Gasteiger partial charge in [0.25, 0.3) is 0 Å². The number of rotatable bonds is 6. The first-order valence-corrected chi connectivity index (χ1v) is 6.86. The fraction of sp³-hybridized carbons (Fsp3) is 0.385. The van der Waals surface area contributed by atoms with Crippen LogP contribution in [0.3, 0.4) is 0 Å². The summed E-state index contributed by atoms with van der Waals surface area (Å²) in [5.41, 5.74) is 5.24. The summed E-state index contributed by atoms with van der Waals surface area (Å²) in [6.45, 7) is 0. The van der Waals surface area contributed by atoms with Crippen LogP contribution in [0.15, 0.2) is 36.4 Å². The lowest BCUT2D eigenvalue weighted by atomic mass is 10.2. The van der Waals surface area contributed by atoms with Crippen LogP contribution >= 0.6 is 11.8 Å². The number of carboxylic acid groups (broad SMARTS) is 1. The van der Waals surface area contributed by atoms with Crippen molar-refractivity contribution in [3.63, 3.8) is 0 Å². The number of hydrogen-bond acceptors (Lipinski definition) is 5. The molecule has 0 saturated carbocycles. The minimum Gasteiger partial charge on any atom is -0.480 e. The second-order valence-electron chi connectivity index (χ2n) is 3.52. The molecule has 0 saturated heterocycles. The number of aliphatic carboxylic acids is 1. The van der Waals surface area contributed by atoms with Crippen LogP contribution < -0.4 is 5.73 Å². The van der Waals surface area contributed by atoms with Crippen molar-refractivity contribution in [1.82, 2.24) is 0 Å². The van der Waals surface area contributed by atoms with Gasteiger partial charge in [-0.05, 0) is 12.2 Å². The van der Waals surface area contributed by atoms with Crippen molar-refractivity contribution in [3.8, 4) is 0 Å². The van der Waals surface area contributed by atoms with E-state index in [1.54, 1.807) is 0 Å². The Bertz CT molecular complexity index is 332. The Kier molecular flexibility index (Phi) is 10.6. The van der Waals surface area contributed by atoms with Crippen molar-refractivity contribution in [1.29, 1.82) is 0 Å². The van der Waals surface area contributed by atoms with Gasteiger partial charge in [-0.25, -0.2) is 0 Å². The Labute approximate surface area is 117 Å². The van der Waals surface area contributed by atoms with Gasteiger partial charge in [-0.2, -0.15) is 11.8 Å². The first-order valence-electron chi connectivity index (χ1n) is 5.71. The highest BCUT2D eigenvalue weighted by molar-refractivity contribution is 7.99. The largest absolute Gasteiger partial charge is 0.480 e. The summed E-state index contributed by atoms with van der Waals surface area (Å²) in [5.74, 6) is -0.543. The minimum atomic E-state index is -1.02. The number of thioether (sulfide) groups is 1. The standard InChI is InChI=1S/C7H13NO4S.C6H6/c1-12-6(9)4-13-3-2-5(8)7(10)11;1-2-4-6-5-3-1/h5H,2-4,8H2,1H3,(H,10,11);1-6H/t5-;/m0./s1. The van der Waals surface area contributed by atoms with Gasteiger partial charge in [0.05, 0.1) is 12.9 Å². The molecule has 19 heavy (non-hydrogen) atoms. The summed E-state index contributed by atoms with van der Waals surface area (Å²) >= 11 is 1.31. The molecule has 0 spiro atoms. The Balaban J connectivity index is 0.000000443. The van der Waals surface area contributed by atoms with E-state index in [4.69, 9.17) is 10.8 Å². The average molecular weight is 285 g/mol. The summed E-state index contributed by atoms with van der Waals surface area (Å²) in [7, 11) is 1.31. The van der Waals surface area contributed by atoms with Crippen LogP contribution in [-0.2, 0) is 14.3 Å². The summed E-state index contributed by atoms with van der Waals surface area (Å²) in [4.78, 5) is 20.9. The molecule has 0 aliphatic heterocycles. The molecule has 0 amide bonds. The number of methoxy groups -OCH3 is 1. The number of nitrogens with two attached hydrogens (primary N) is 1. The van der Waals surface area contributed by atoms with Gasteiger partial charge in [0.2, 0.25) is 0 Å². The Morgan fingerprint density at radius 2 is 1.68 bits per heavy atom. The molecule has 0 aromatic heterocycles. The SMILES string of the molecule is COC(=O)CSCC[C@H](N)C(=O)O.c1ccccc1. The van der Waals surface area contributed by atoms with Crippen molar-refractivity contribution in [2.45, 2.75) is 12.5 Å². The second-order valence-corrected chi connectivity index (χ2v) is 4.62. The molecule has 0 aliphatic carbocycles. The molecule has 3 N–H and O–H groups in total. The van der Waals surface area contributed by atoms with Crippen molar-refractivity contribution in [3.05, 3.63) is 36.4 Å². The molecular formula is C13H19NO4S. The average Bonchev–Trinajstić information content (AvgIpc) is 2.45. The molecule has 0 radical (unpaired) electrons. The fourth-order valence-corrected chi connectivity index (χ4v) is 1.78. The van der Waals surface area contributed by atoms with Gasteiger partial charge in [0.1, 0.15) is 6.04 Å². The number of carbonyl (C=O) groups is 2.